The number of aryl methyl sites for hydroxylation is 1. The summed E-state index contributed by atoms with van der Waals surface area (Å²) in [6.07, 6.45) is -0.0544. The van der Waals surface area contributed by atoms with E-state index in [4.69, 9.17) is 10.8 Å². The zero-order chi connectivity index (χ0) is 9.14. The molecule has 1 aromatic heterocycles. The van der Waals surface area contributed by atoms with Crippen LogP contribution >= 0.6 is 0 Å². The van der Waals surface area contributed by atoms with E-state index in [1.807, 2.05) is 0 Å². The number of rotatable bonds is 2. The molecule has 4 heteroatoms. The molecule has 1 aromatic rings. The van der Waals surface area contributed by atoms with Gasteiger partial charge in [-0.3, -0.25) is 9.78 Å². The van der Waals surface area contributed by atoms with Crippen molar-refractivity contribution in [1.29, 1.82) is 0 Å². The Bertz CT molecular complexity index is 310. The average Bonchev–Trinajstić information content (AvgIpc) is 1.96. The van der Waals surface area contributed by atoms with Crippen LogP contribution in [0.5, 0.6) is 0 Å². The lowest BCUT2D eigenvalue weighted by molar-refractivity contribution is -0.136. The molecule has 0 aliphatic heterocycles. The van der Waals surface area contributed by atoms with E-state index < -0.39 is 5.97 Å². The fraction of sp³-hybridized carbons (Fsp3) is 0.250. The predicted molar refractivity (Wildman–Crippen MR) is 44.7 cm³/mol. The Hall–Kier alpha value is -1.58. The van der Waals surface area contributed by atoms with Crippen LogP contribution in [0.25, 0.3) is 0 Å². The number of aliphatic carboxylic acids is 1. The van der Waals surface area contributed by atoms with Gasteiger partial charge in [0.1, 0.15) is 0 Å². The number of nitrogen functional groups attached to an aromatic ring is 1. The Balaban J connectivity index is 2.89. The van der Waals surface area contributed by atoms with E-state index in [0.29, 0.717) is 17.1 Å². The fourth-order valence-corrected chi connectivity index (χ4v) is 0.877. The van der Waals surface area contributed by atoms with E-state index in [-0.39, 0.29) is 6.42 Å². The van der Waals surface area contributed by atoms with Crippen molar-refractivity contribution >= 4 is 11.7 Å². The van der Waals surface area contributed by atoms with Gasteiger partial charge in [0.15, 0.2) is 0 Å². The topological polar surface area (TPSA) is 76.2 Å². The number of carboxylic acids is 1. The molecule has 0 aliphatic carbocycles. The zero-order valence-electron chi connectivity index (χ0n) is 6.74. The van der Waals surface area contributed by atoms with Crippen molar-refractivity contribution in [2.45, 2.75) is 13.3 Å². The van der Waals surface area contributed by atoms with Crippen LogP contribution in [0.3, 0.4) is 0 Å². The molecule has 0 amide bonds. The molecule has 0 radical (unpaired) electrons. The molecule has 0 spiro atoms. The minimum atomic E-state index is -0.883. The van der Waals surface area contributed by atoms with E-state index in [1.54, 1.807) is 19.1 Å². The molecule has 12 heavy (non-hydrogen) atoms. The molecule has 1 rings (SSSR count). The Kier molecular flexibility index (Phi) is 2.28. The van der Waals surface area contributed by atoms with Gasteiger partial charge in [-0.25, -0.2) is 0 Å². The first-order valence-corrected chi connectivity index (χ1v) is 3.53. The monoisotopic (exact) mass is 166 g/mol. The summed E-state index contributed by atoms with van der Waals surface area (Å²) in [5.41, 5.74) is 7.31. The minimum Gasteiger partial charge on any atom is -0.481 e. The van der Waals surface area contributed by atoms with E-state index >= 15 is 0 Å². The second-order valence-electron chi connectivity index (χ2n) is 2.55. The maximum atomic E-state index is 10.3. The Labute approximate surface area is 70.0 Å². The van der Waals surface area contributed by atoms with Gasteiger partial charge in [-0.2, -0.15) is 0 Å². The number of hydrogen-bond donors (Lipinski definition) is 2. The number of carboxylic acid groups (broad SMARTS) is 1. The molecule has 0 atom stereocenters. The maximum Gasteiger partial charge on any atom is 0.309 e. The van der Waals surface area contributed by atoms with Crippen LogP contribution in [0, 0.1) is 6.92 Å². The van der Waals surface area contributed by atoms with Crippen LogP contribution in [0.4, 0.5) is 5.69 Å². The van der Waals surface area contributed by atoms with Crippen LogP contribution in [0.1, 0.15) is 11.4 Å². The van der Waals surface area contributed by atoms with Gasteiger partial charge >= 0.3 is 5.97 Å². The van der Waals surface area contributed by atoms with E-state index in [9.17, 15) is 4.79 Å². The molecule has 0 saturated carbocycles. The molecule has 0 saturated heterocycles. The van der Waals surface area contributed by atoms with E-state index in [0.717, 1.165) is 0 Å². The summed E-state index contributed by atoms with van der Waals surface area (Å²) in [5.74, 6) is -0.883. The largest absolute Gasteiger partial charge is 0.481 e. The average molecular weight is 166 g/mol. The number of anilines is 1. The first kappa shape index (κ1) is 8.52. The lowest BCUT2D eigenvalue weighted by Crippen LogP contribution is -2.04. The standard InChI is InChI=1S/C8H10N2O2/c1-5-7(9)3-2-6(10-5)4-8(11)12/h2-3H,4,9H2,1H3,(H,11,12). The van der Waals surface area contributed by atoms with Gasteiger partial charge in [-0.05, 0) is 19.1 Å². The molecular weight excluding hydrogens is 156 g/mol. The number of nitrogens with zero attached hydrogens (tertiary/aromatic N) is 1. The van der Waals surface area contributed by atoms with Crippen molar-refractivity contribution in [3.63, 3.8) is 0 Å². The lowest BCUT2D eigenvalue weighted by Gasteiger charge is -2.00. The summed E-state index contributed by atoms with van der Waals surface area (Å²) in [4.78, 5) is 14.3. The van der Waals surface area contributed by atoms with Crippen molar-refractivity contribution in [2.24, 2.45) is 0 Å². The third-order valence-corrected chi connectivity index (χ3v) is 1.52. The predicted octanol–water partition coefficient (Wildman–Crippen LogP) is 0.599. The number of hydrogen-bond acceptors (Lipinski definition) is 3. The summed E-state index contributed by atoms with van der Waals surface area (Å²) in [7, 11) is 0. The van der Waals surface area contributed by atoms with Crippen molar-refractivity contribution in [3.05, 3.63) is 23.5 Å². The van der Waals surface area contributed by atoms with Gasteiger partial charge in [0.25, 0.3) is 0 Å². The van der Waals surface area contributed by atoms with Gasteiger partial charge in [0, 0.05) is 0 Å². The molecule has 0 bridgehead atoms. The molecule has 0 aliphatic rings. The second kappa shape index (κ2) is 3.21. The summed E-state index contributed by atoms with van der Waals surface area (Å²) in [6.45, 7) is 1.75. The van der Waals surface area contributed by atoms with Gasteiger partial charge in [0.05, 0.1) is 23.5 Å². The summed E-state index contributed by atoms with van der Waals surface area (Å²) < 4.78 is 0. The van der Waals surface area contributed by atoms with Gasteiger partial charge < -0.3 is 10.8 Å². The highest BCUT2D eigenvalue weighted by molar-refractivity contribution is 5.69. The first-order valence-electron chi connectivity index (χ1n) is 3.53. The van der Waals surface area contributed by atoms with Crippen molar-refractivity contribution in [1.82, 2.24) is 4.98 Å². The van der Waals surface area contributed by atoms with Crippen LogP contribution in [0.2, 0.25) is 0 Å². The second-order valence-corrected chi connectivity index (χ2v) is 2.55. The van der Waals surface area contributed by atoms with Crippen molar-refractivity contribution in [2.75, 3.05) is 5.73 Å². The number of carbonyl (C=O) groups is 1. The molecule has 64 valence electrons. The molecule has 0 aromatic carbocycles. The first-order chi connectivity index (χ1) is 5.59. The number of pyridine rings is 1. The lowest BCUT2D eigenvalue weighted by atomic mass is 10.2. The molecule has 3 N–H and O–H groups in total. The Morgan fingerprint density at radius 3 is 2.83 bits per heavy atom. The van der Waals surface area contributed by atoms with E-state index in [1.165, 1.54) is 0 Å². The van der Waals surface area contributed by atoms with Gasteiger partial charge in [0.2, 0.25) is 0 Å². The van der Waals surface area contributed by atoms with Crippen molar-refractivity contribution < 1.29 is 9.90 Å². The zero-order valence-corrected chi connectivity index (χ0v) is 6.74. The van der Waals surface area contributed by atoms with Crippen LogP contribution in [-0.2, 0) is 11.2 Å². The third-order valence-electron chi connectivity index (χ3n) is 1.52. The summed E-state index contributed by atoms with van der Waals surface area (Å²) >= 11 is 0. The highest BCUT2D eigenvalue weighted by Crippen LogP contribution is 2.08. The smallest absolute Gasteiger partial charge is 0.309 e. The number of aromatic nitrogens is 1. The molecule has 0 fully saturated rings. The quantitative estimate of drug-likeness (QED) is 0.674. The van der Waals surface area contributed by atoms with Crippen LogP contribution < -0.4 is 5.73 Å². The van der Waals surface area contributed by atoms with Gasteiger partial charge in [-0.15, -0.1) is 0 Å². The van der Waals surface area contributed by atoms with Crippen molar-refractivity contribution in [3.8, 4) is 0 Å². The maximum absolute atomic E-state index is 10.3. The minimum absolute atomic E-state index is 0.0544. The molecule has 4 nitrogen and oxygen atoms in total. The molecular formula is C8H10N2O2. The SMILES string of the molecule is Cc1nc(CC(=O)O)ccc1N. The fourth-order valence-electron chi connectivity index (χ4n) is 0.877. The highest BCUT2D eigenvalue weighted by atomic mass is 16.4. The van der Waals surface area contributed by atoms with E-state index in [2.05, 4.69) is 4.98 Å². The Morgan fingerprint density at radius 1 is 1.67 bits per heavy atom. The summed E-state index contributed by atoms with van der Waals surface area (Å²) in [6, 6.07) is 3.29. The van der Waals surface area contributed by atoms with Crippen LogP contribution in [0.15, 0.2) is 12.1 Å². The summed E-state index contributed by atoms with van der Waals surface area (Å²) in [5, 5.41) is 8.46. The van der Waals surface area contributed by atoms with Gasteiger partial charge in [-0.1, -0.05) is 0 Å². The Morgan fingerprint density at radius 2 is 2.33 bits per heavy atom. The highest BCUT2D eigenvalue weighted by Gasteiger charge is 2.02. The normalized spacial score (nSPS) is 9.75. The number of nitrogens with two attached hydrogens (primary N) is 1. The molecule has 1 heterocycles. The third kappa shape index (κ3) is 1.95. The molecule has 0 unspecified atom stereocenters. The van der Waals surface area contributed by atoms with Crippen LogP contribution in [-0.4, -0.2) is 16.1 Å².